The lowest BCUT2D eigenvalue weighted by Gasteiger charge is -2.33. The predicted molar refractivity (Wildman–Crippen MR) is 121 cm³/mol. The van der Waals surface area contributed by atoms with Crippen LogP contribution in [-0.2, 0) is 0 Å². The number of urea groups is 1. The third kappa shape index (κ3) is 5.90. The molecule has 0 bridgehead atoms. The minimum absolute atomic E-state index is 0.0273. The highest BCUT2D eigenvalue weighted by molar-refractivity contribution is 6.04. The van der Waals surface area contributed by atoms with Gasteiger partial charge < -0.3 is 25.0 Å². The third-order valence-corrected chi connectivity index (χ3v) is 5.35. The van der Waals surface area contributed by atoms with Gasteiger partial charge in [-0.2, -0.15) is 0 Å². The summed E-state index contributed by atoms with van der Waals surface area (Å²) in [6.07, 6.45) is 1.93. The minimum Gasteiger partial charge on any atom is -0.497 e. The second-order valence-electron chi connectivity index (χ2n) is 8.07. The number of likely N-dealkylation sites (tertiary alicyclic amines) is 1. The molecule has 2 N–H and O–H groups in total. The number of anilines is 1. The van der Waals surface area contributed by atoms with Crippen molar-refractivity contribution in [3.05, 3.63) is 53.6 Å². The molecule has 0 aromatic heterocycles. The van der Waals surface area contributed by atoms with Gasteiger partial charge in [0.2, 0.25) is 0 Å². The fourth-order valence-electron chi connectivity index (χ4n) is 3.79. The van der Waals surface area contributed by atoms with Gasteiger partial charge in [-0.1, -0.05) is 12.1 Å². The van der Waals surface area contributed by atoms with Crippen molar-refractivity contribution in [3.63, 3.8) is 0 Å². The number of nitrogens with zero attached hydrogens (tertiary/aromatic N) is 1. The van der Waals surface area contributed by atoms with E-state index in [-0.39, 0.29) is 23.9 Å². The molecule has 166 valence electrons. The third-order valence-electron chi connectivity index (χ3n) is 5.35. The van der Waals surface area contributed by atoms with Crippen LogP contribution in [0.25, 0.3) is 0 Å². The first kappa shape index (κ1) is 22.5. The van der Waals surface area contributed by atoms with Crippen molar-refractivity contribution in [2.24, 2.45) is 0 Å². The molecule has 1 aliphatic rings. The Balaban J connectivity index is 1.72. The molecule has 0 radical (unpaired) electrons. The maximum absolute atomic E-state index is 12.9. The number of carbonyl (C=O) groups excluding carboxylic acids is 2. The van der Waals surface area contributed by atoms with Crippen molar-refractivity contribution < 1.29 is 19.1 Å². The van der Waals surface area contributed by atoms with E-state index in [9.17, 15) is 9.59 Å². The summed E-state index contributed by atoms with van der Waals surface area (Å²) < 4.78 is 10.5. The number of nitrogens with one attached hydrogen (secondary N) is 2. The summed E-state index contributed by atoms with van der Waals surface area (Å²) in [6, 6.07) is 13.0. The van der Waals surface area contributed by atoms with Gasteiger partial charge >= 0.3 is 6.03 Å². The van der Waals surface area contributed by atoms with E-state index >= 15 is 0 Å². The number of rotatable bonds is 6. The van der Waals surface area contributed by atoms with Crippen LogP contribution in [-0.4, -0.2) is 50.2 Å². The van der Waals surface area contributed by atoms with E-state index in [4.69, 9.17) is 9.47 Å². The summed E-state index contributed by atoms with van der Waals surface area (Å²) in [4.78, 5) is 27.1. The highest BCUT2D eigenvalue weighted by atomic mass is 16.5. The van der Waals surface area contributed by atoms with Crippen LogP contribution >= 0.6 is 0 Å². The lowest BCUT2D eigenvalue weighted by molar-refractivity contribution is 0.102. The second-order valence-corrected chi connectivity index (χ2v) is 8.07. The Bertz CT molecular complexity index is 907. The van der Waals surface area contributed by atoms with E-state index in [2.05, 4.69) is 10.6 Å². The zero-order valence-electron chi connectivity index (χ0n) is 18.6. The lowest BCUT2D eigenvalue weighted by atomic mass is 9.89. The summed E-state index contributed by atoms with van der Waals surface area (Å²) >= 11 is 0. The van der Waals surface area contributed by atoms with Gasteiger partial charge in [-0.15, -0.1) is 0 Å². The molecule has 31 heavy (non-hydrogen) atoms. The smallest absolute Gasteiger partial charge is 0.317 e. The number of piperidine rings is 1. The number of ether oxygens (including phenoxy) is 2. The van der Waals surface area contributed by atoms with Crippen LogP contribution in [0.15, 0.2) is 42.5 Å². The van der Waals surface area contributed by atoms with Crippen molar-refractivity contribution in [2.45, 2.75) is 38.6 Å². The molecule has 2 aromatic carbocycles. The maximum atomic E-state index is 12.9. The molecule has 1 fully saturated rings. The molecular weight excluding hydrogens is 394 g/mol. The van der Waals surface area contributed by atoms with Gasteiger partial charge in [-0.25, -0.2) is 4.79 Å². The van der Waals surface area contributed by atoms with Crippen molar-refractivity contribution in [3.8, 4) is 11.5 Å². The van der Waals surface area contributed by atoms with Gasteiger partial charge in [0.25, 0.3) is 5.91 Å². The number of hydrogen-bond acceptors (Lipinski definition) is 4. The van der Waals surface area contributed by atoms with Crippen LogP contribution in [0.2, 0.25) is 0 Å². The number of carbonyl (C=O) groups is 2. The van der Waals surface area contributed by atoms with Crippen LogP contribution in [0, 0.1) is 0 Å². The van der Waals surface area contributed by atoms with Crippen molar-refractivity contribution in [1.29, 1.82) is 0 Å². The molecule has 7 heteroatoms. The summed E-state index contributed by atoms with van der Waals surface area (Å²) in [5.74, 6) is 1.20. The minimum atomic E-state index is -0.206. The lowest BCUT2D eigenvalue weighted by Crippen LogP contribution is -2.47. The van der Waals surface area contributed by atoms with E-state index < -0.39 is 0 Å². The fourth-order valence-corrected chi connectivity index (χ4v) is 3.79. The average Bonchev–Trinajstić information content (AvgIpc) is 2.78. The summed E-state index contributed by atoms with van der Waals surface area (Å²) in [5.41, 5.74) is 2.24. The van der Waals surface area contributed by atoms with Gasteiger partial charge in [0, 0.05) is 54.5 Å². The van der Waals surface area contributed by atoms with Gasteiger partial charge in [0.05, 0.1) is 14.2 Å². The second kappa shape index (κ2) is 10.2. The summed E-state index contributed by atoms with van der Waals surface area (Å²) in [7, 11) is 3.14. The molecule has 7 nitrogen and oxygen atoms in total. The molecular formula is C24H31N3O4. The Morgan fingerprint density at radius 3 is 2.42 bits per heavy atom. The molecule has 0 unspecified atom stereocenters. The van der Waals surface area contributed by atoms with E-state index in [0.29, 0.717) is 29.3 Å². The van der Waals surface area contributed by atoms with Gasteiger partial charge in [0.15, 0.2) is 0 Å². The Morgan fingerprint density at radius 1 is 1.06 bits per heavy atom. The Kier molecular flexibility index (Phi) is 7.39. The topological polar surface area (TPSA) is 79.9 Å². The molecule has 1 atom stereocenters. The fraction of sp³-hybridized carbons (Fsp3) is 0.417. The highest BCUT2D eigenvalue weighted by Gasteiger charge is 2.25. The van der Waals surface area contributed by atoms with Crippen molar-refractivity contribution in [2.75, 3.05) is 32.6 Å². The number of benzene rings is 2. The molecule has 1 heterocycles. The Labute approximate surface area is 183 Å². The van der Waals surface area contributed by atoms with E-state index in [1.165, 1.54) is 0 Å². The number of hydrogen-bond donors (Lipinski definition) is 2. The van der Waals surface area contributed by atoms with Gasteiger partial charge in [0.1, 0.15) is 11.5 Å². The Hall–Kier alpha value is -3.22. The standard InChI is InChI=1S/C24H31N3O4/c1-16(2)25-24(29)27-10-6-9-19(15-27)17-7-5-8-18(11-17)23(28)26-20-12-21(30-3)14-22(13-20)31-4/h5,7-8,11-14,16,19H,6,9-10,15H2,1-4H3,(H,25,29)(H,26,28)/t19-/m1/s1. The molecule has 0 spiro atoms. The predicted octanol–water partition coefficient (Wildman–Crippen LogP) is 4.25. The number of methoxy groups -OCH3 is 2. The summed E-state index contributed by atoms with van der Waals surface area (Å²) in [5, 5.41) is 5.88. The Morgan fingerprint density at radius 2 is 1.77 bits per heavy atom. The summed E-state index contributed by atoms with van der Waals surface area (Å²) in [6.45, 7) is 5.32. The van der Waals surface area contributed by atoms with Crippen LogP contribution in [0.3, 0.4) is 0 Å². The first-order valence-corrected chi connectivity index (χ1v) is 10.6. The van der Waals surface area contributed by atoms with Gasteiger partial charge in [-0.3, -0.25) is 4.79 Å². The zero-order valence-corrected chi connectivity index (χ0v) is 18.6. The van der Waals surface area contributed by atoms with Gasteiger partial charge in [-0.05, 0) is 44.4 Å². The van der Waals surface area contributed by atoms with Crippen molar-refractivity contribution in [1.82, 2.24) is 10.2 Å². The van der Waals surface area contributed by atoms with Crippen LogP contribution in [0.4, 0.5) is 10.5 Å². The van der Waals surface area contributed by atoms with E-state index in [0.717, 1.165) is 24.9 Å². The molecule has 0 aliphatic carbocycles. The average molecular weight is 426 g/mol. The van der Waals surface area contributed by atoms with Crippen LogP contribution < -0.4 is 20.1 Å². The highest BCUT2D eigenvalue weighted by Crippen LogP contribution is 2.29. The van der Waals surface area contributed by atoms with E-state index in [1.807, 2.05) is 36.9 Å². The van der Waals surface area contributed by atoms with Crippen LogP contribution in [0.1, 0.15) is 48.5 Å². The van der Waals surface area contributed by atoms with E-state index in [1.54, 1.807) is 38.5 Å². The molecule has 2 aromatic rings. The normalized spacial score (nSPS) is 16.0. The molecule has 3 amide bonds. The SMILES string of the molecule is COc1cc(NC(=O)c2cccc([C@@H]3CCCN(C(=O)NC(C)C)C3)c2)cc(OC)c1. The molecule has 1 aliphatic heterocycles. The monoisotopic (exact) mass is 425 g/mol. The zero-order chi connectivity index (χ0) is 22.4. The molecule has 3 rings (SSSR count). The first-order valence-electron chi connectivity index (χ1n) is 10.6. The molecule has 0 saturated carbocycles. The molecule has 1 saturated heterocycles. The first-order chi connectivity index (χ1) is 14.9. The quantitative estimate of drug-likeness (QED) is 0.725. The maximum Gasteiger partial charge on any atom is 0.317 e. The van der Waals surface area contributed by atoms with Crippen molar-refractivity contribution >= 4 is 17.6 Å². The largest absolute Gasteiger partial charge is 0.497 e. The number of amides is 3. The van der Waals surface area contributed by atoms with Crippen LogP contribution in [0.5, 0.6) is 11.5 Å².